The first-order valence-electron chi connectivity index (χ1n) is 11.1. The van der Waals surface area contributed by atoms with Crippen molar-refractivity contribution in [3.63, 3.8) is 0 Å². The first-order chi connectivity index (χ1) is 16.5. The van der Waals surface area contributed by atoms with Crippen LogP contribution in [0.1, 0.15) is 43.5 Å². The molecule has 0 aliphatic carbocycles. The molecule has 0 bridgehead atoms. The summed E-state index contributed by atoms with van der Waals surface area (Å²) in [5, 5.41) is 0. The third-order valence-electron chi connectivity index (χ3n) is 5.26. The van der Waals surface area contributed by atoms with Crippen LogP contribution in [0.5, 0.6) is 5.75 Å². The summed E-state index contributed by atoms with van der Waals surface area (Å²) in [4.78, 5) is 4.71. The van der Waals surface area contributed by atoms with E-state index in [1.54, 1.807) is 63.2 Å². The fourth-order valence-electron chi connectivity index (χ4n) is 3.42. The quantitative estimate of drug-likeness (QED) is 0.370. The number of halogens is 3. The van der Waals surface area contributed by atoms with Gasteiger partial charge in [0.25, 0.3) is 0 Å². The van der Waals surface area contributed by atoms with Gasteiger partial charge >= 0.3 is 6.18 Å². The number of nitrogens with zero attached hydrogens (tertiary/aromatic N) is 1. The van der Waals surface area contributed by atoms with E-state index in [2.05, 4.69) is 4.72 Å². The first-order valence-corrected chi connectivity index (χ1v) is 12.2. The number of alkyl halides is 3. The van der Waals surface area contributed by atoms with Crippen LogP contribution in [0.25, 0.3) is 0 Å². The minimum absolute atomic E-state index is 0.287. The van der Waals surface area contributed by atoms with E-state index in [4.69, 9.17) is 9.73 Å². The lowest BCUT2D eigenvalue weighted by Crippen LogP contribution is -2.50. The van der Waals surface area contributed by atoms with Crippen molar-refractivity contribution in [2.75, 3.05) is 7.11 Å². The minimum Gasteiger partial charge on any atom is -0.497 e. The van der Waals surface area contributed by atoms with Gasteiger partial charge in [-0.25, -0.2) is 8.93 Å². The Morgan fingerprint density at radius 3 is 1.89 bits per heavy atom. The molecule has 186 valence electrons. The van der Waals surface area contributed by atoms with Gasteiger partial charge < -0.3 is 4.74 Å². The van der Waals surface area contributed by atoms with Crippen molar-refractivity contribution in [2.45, 2.75) is 43.8 Å². The summed E-state index contributed by atoms with van der Waals surface area (Å²) in [6.07, 6.45) is -4.74. The number of aliphatic imine (C=N–C) groups is 1. The Morgan fingerprint density at radius 2 is 1.43 bits per heavy atom. The molecule has 1 N–H and O–H groups in total. The highest BCUT2D eigenvalue weighted by Crippen LogP contribution is 2.36. The van der Waals surface area contributed by atoms with Gasteiger partial charge in [0.15, 0.2) is 0 Å². The van der Waals surface area contributed by atoms with Gasteiger partial charge in [-0.1, -0.05) is 72.8 Å². The van der Waals surface area contributed by atoms with Gasteiger partial charge in [0.1, 0.15) is 17.8 Å². The van der Waals surface area contributed by atoms with E-state index in [-0.39, 0.29) is 5.56 Å². The summed E-state index contributed by atoms with van der Waals surface area (Å²) < 4.78 is 63.2. The van der Waals surface area contributed by atoms with Crippen molar-refractivity contribution >= 4 is 16.7 Å². The van der Waals surface area contributed by atoms with Gasteiger partial charge in [-0.2, -0.15) is 13.2 Å². The highest BCUT2D eigenvalue weighted by atomic mass is 32.2. The second-order valence-corrected chi connectivity index (χ2v) is 10.9. The fraction of sp³-hybridized carbons (Fsp3) is 0.296. The van der Waals surface area contributed by atoms with Crippen LogP contribution in [0.2, 0.25) is 0 Å². The normalized spacial score (nSPS) is 14.6. The van der Waals surface area contributed by atoms with Gasteiger partial charge in [0, 0.05) is 11.1 Å². The molecule has 0 aliphatic rings. The molecule has 1 unspecified atom stereocenters. The number of ether oxygens (including phenoxy) is 1. The number of methoxy groups -OCH3 is 1. The maximum atomic E-state index is 14.5. The van der Waals surface area contributed by atoms with E-state index in [1.807, 2.05) is 36.4 Å². The summed E-state index contributed by atoms with van der Waals surface area (Å²) >= 11 is 0. The van der Waals surface area contributed by atoms with E-state index in [1.165, 1.54) is 13.2 Å². The zero-order valence-electron chi connectivity index (χ0n) is 20.0. The number of hydrogen-bond acceptors (Lipinski definition) is 3. The second-order valence-electron chi connectivity index (χ2n) is 8.95. The molecule has 3 atom stereocenters. The monoisotopic (exact) mass is 502 g/mol. The molecule has 0 amide bonds. The SMILES string of the molecule is COc1cccc([C@@H](N=C(c2ccccc2)c2ccccc2)[C@H](NS(=O)C(C)(C)C)C(F)(F)F)c1. The van der Waals surface area contributed by atoms with Crippen LogP contribution in [0.4, 0.5) is 13.2 Å². The maximum Gasteiger partial charge on any atom is 0.407 e. The molecule has 0 aromatic heterocycles. The fourth-order valence-corrected chi connectivity index (χ4v) is 4.26. The van der Waals surface area contributed by atoms with Crippen LogP contribution in [0, 0.1) is 0 Å². The molecule has 3 aromatic rings. The molecule has 0 spiro atoms. The van der Waals surface area contributed by atoms with Gasteiger partial charge in [0.2, 0.25) is 0 Å². The Morgan fingerprint density at radius 1 is 0.886 bits per heavy atom. The van der Waals surface area contributed by atoms with Crippen LogP contribution in [0.15, 0.2) is 89.9 Å². The Balaban J connectivity index is 2.26. The van der Waals surface area contributed by atoms with E-state index in [0.29, 0.717) is 22.6 Å². The van der Waals surface area contributed by atoms with Crippen LogP contribution >= 0.6 is 0 Å². The van der Waals surface area contributed by atoms with E-state index in [9.17, 15) is 17.4 Å². The Bertz CT molecular complexity index is 1120. The van der Waals surface area contributed by atoms with E-state index < -0.39 is 34.0 Å². The number of nitrogens with one attached hydrogen (secondary N) is 1. The Hall–Kier alpha value is -2.97. The highest BCUT2D eigenvalue weighted by Gasteiger charge is 2.47. The van der Waals surface area contributed by atoms with Crippen LogP contribution in [-0.4, -0.2) is 34.0 Å². The molecule has 3 aromatic carbocycles. The number of rotatable bonds is 8. The molecular weight excluding hydrogens is 473 g/mol. The standard InChI is InChI=1S/C27H29F3N2O2S/c1-26(2,3)35(33)32-25(27(28,29)30)24(21-16-11-17-22(18-21)34-4)31-23(19-12-7-5-8-13-19)20-14-9-6-10-15-20/h5-18,24-25,32H,1-4H3/t24-,25+,35?/m1/s1. The minimum atomic E-state index is -4.74. The van der Waals surface area contributed by atoms with Crippen molar-refractivity contribution in [3.05, 3.63) is 102 Å². The smallest absolute Gasteiger partial charge is 0.407 e. The summed E-state index contributed by atoms with van der Waals surface area (Å²) in [7, 11) is -0.540. The molecule has 0 saturated carbocycles. The lowest BCUT2D eigenvalue weighted by Gasteiger charge is -2.31. The van der Waals surface area contributed by atoms with Gasteiger partial charge in [-0.3, -0.25) is 4.99 Å². The zero-order chi connectivity index (χ0) is 25.6. The van der Waals surface area contributed by atoms with Crippen molar-refractivity contribution < 1.29 is 22.1 Å². The second kappa shape index (κ2) is 11.2. The topological polar surface area (TPSA) is 50.7 Å². The van der Waals surface area contributed by atoms with Gasteiger partial charge in [-0.05, 0) is 38.5 Å². The van der Waals surface area contributed by atoms with Crippen molar-refractivity contribution in [2.24, 2.45) is 4.99 Å². The van der Waals surface area contributed by atoms with Crippen LogP contribution in [-0.2, 0) is 11.0 Å². The molecule has 0 saturated heterocycles. The molecule has 0 radical (unpaired) electrons. The molecular formula is C27H29F3N2O2S. The summed E-state index contributed by atoms with van der Waals surface area (Å²) in [6, 6.07) is 20.8. The first kappa shape index (κ1) is 26.6. The highest BCUT2D eigenvalue weighted by molar-refractivity contribution is 7.84. The Labute approximate surface area is 206 Å². The molecule has 8 heteroatoms. The summed E-state index contributed by atoms with van der Waals surface area (Å²) in [5.41, 5.74) is 2.03. The summed E-state index contributed by atoms with van der Waals surface area (Å²) in [5.74, 6) is 0.404. The number of benzene rings is 3. The Kier molecular flexibility index (Phi) is 8.51. The van der Waals surface area contributed by atoms with E-state index >= 15 is 0 Å². The number of hydrogen-bond donors (Lipinski definition) is 1. The van der Waals surface area contributed by atoms with Crippen LogP contribution < -0.4 is 9.46 Å². The third-order valence-corrected chi connectivity index (χ3v) is 6.84. The van der Waals surface area contributed by atoms with Gasteiger partial charge in [-0.15, -0.1) is 0 Å². The van der Waals surface area contributed by atoms with E-state index in [0.717, 1.165) is 0 Å². The lowest BCUT2D eigenvalue weighted by molar-refractivity contribution is -0.155. The predicted molar refractivity (Wildman–Crippen MR) is 135 cm³/mol. The summed E-state index contributed by atoms with van der Waals surface area (Å²) in [6.45, 7) is 4.85. The van der Waals surface area contributed by atoms with Gasteiger partial charge in [0.05, 0.1) is 28.6 Å². The average molecular weight is 503 g/mol. The average Bonchev–Trinajstić information content (AvgIpc) is 2.83. The largest absolute Gasteiger partial charge is 0.497 e. The molecule has 0 heterocycles. The molecule has 0 fully saturated rings. The zero-order valence-corrected chi connectivity index (χ0v) is 20.9. The molecule has 3 rings (SSSR count). The molecule has 0 aliphatic heterocycles. The predicted octanol–water partition coefficient (Wildman–Crippen LogP) is 6.26. The maximum absolute atomic E-state index is 14.5. The van der Waals surface area contributed by atoms with Crippen molar-refractivity contribution in [1.82, 2.24) is 4.72 Å². The molecule has 4 nitrogen and oxygen atoms in total. The van der Waals surface area contributed by atoms with Crippen molar-refractivity contribution in [1.29, 1.82) is 0 Å². The lowest BCUT2D eigenvalue weighted by atomic mass is 9.97. The molecule has 35 heavy (non-hydrogen) atoms. The third kappa shape index (κ3) is 7.02. The van der Waals surface area contributed by atoms with Crippen LogP contribution in [0.3, 0.4) is 0 Å². The van der Waals surface area contributed by atoms with Crippen molar-refractivity contribution in [3.8, 4) is 5.75 Å².